The molecule has 0 saturated carbocycles. The molecule has 1 aliphatic heterocycles. The highest BCUT2D eigenvalue weighted by atomic mass is 79.9. The van der Waals surface area contributed by atoms with Crippen LogP contribution in [0.4, 0.5) is 9.52 Å². The van der Waals surface area contributed by atoms with Crippen LogP contribution in [0, 0.1) is 12.7 Å². The number of amides is 2. The highest BCUT2D eigenvalue weighted by Gasteiger charge is 2.38. The molecule has 2 heterocycles. The van der Waals surface area contributed by atoms with Crippen molar-refractivity contribution in [2.75, 3.05) is 12.4 Å². The Kier molecular flexibility index (Phi) is 6.59. The lowest BCUT2D eigenvalue weighted by atomic mass is 9.98. The Labute approximate surface area is 219 Å². The summed E-state index contributed by atoms with van der Waals surface area (Å²) in [5.41, 5.74) is 4.27. The number of nitrogens with zero attached hydrogens (tertiary/aromatic N) is 2. The van der Waals surface area contributed by atoms with Crippen molar-refractivity contribution in [1.82, 2.24) is 9.88 Å². The van der Waals surface area contributed by atoms with E-state index in [1.165, 1.54) is 30.6 Å². The number of anilines is 1. The Morgan fingerprint density at radius 1 is 1.19 bits per heavy atom. The minimum absolute atomic E-state index is 0.209. The van der Waals surface area contributed by atoms with E-state index in [4.69, 9.17) is 4.74 Å². The van der Waals surface area contributed by atoms with Crippen molar-refractivity contribution in [3.8, 4) is 16.9 Å². The van der Waals surface area contributed by atoms with E-state index in [1.54, 1.807) is 46.8 Å². The van der Waals surface area contributed by atoms with Crippen LogP contribution in [0.2, 0.25) is 0 Å². The van der Waals surface area contributed by atoms with Gasteiger partial charge in [-0.15, -0.1) is 11.3 Å². The van der Waals surface area contributed by atoms with Crippen molar-refractivity contribution in [2.45, 2.75) is 19.5 Å². The van der Waals surface area contributed by atoms with Gasteiger partial charge in [-0.25, -0.2) is 9.37 Å². The summed E-state index contributed by atoms with van der Waals surface area (Å²) in [4.78, 5) is 32.8. The molecule has 1 aliphatic rings. The number of halogens is 2. The number of aromatic nitrogens is 1. The topological polar surface area (TPSA) is 71.5 Å². The van der Waals surface area contributed by atoms with Crippen LogP contribution in [0.5, 0.6) is 5.75 Å². The molecule has 0 aliphatic carbocycles. The number of hydrogen-bond donors (Lipinski definition) is 1. The van der Waals surface area contributed by atoms with Crippen molar-refractivity contribution < 1.29 is 18.7 Å². The van der Waals surface area contributed by atoms with Crippen LogP contribution in [-0.2, 0) is 11.3 Å². The Balaban J connectivity index is 1.53. The molecule has 2 amide bonds. The Hall–Kier alpha value is -3.56. The van der Waals surface area contributed by atoms with Crippen molar-refractivity contribution >= 4 is 44.2 Å². The van der Waals surface area contributed by atoms with Crippen molar-refractivity contribution in [3.63, 3.8) is 0 Å². The minimum atomic E-state index is -0.893. The summed E-state index contributed by atoms with van der Waals surface area (Å²) in [6.45, 7) is 2.19. The number of thiazole rings is 1. The molecule has 0 fully saturated rings. The number of benzene rings is 3. The first-order valence-electron chi connectivity index (χ1n) is 11.1. The molecule has 182 valence electrons. The minimum Gasteiger partial charge on any atom is -0.496 e. The highest BCUT2D eigenvalue weighted by molar-refractivity contribution is 9.10. The molecule has 1 aromatic heterocycles. The maximum Gasteiger partial charge on any atom is 0.255 e. The number of fused-ring (bicyclic) bond motifs is 1. The molecule has 0 spiro atoms. The molecule has 4 aromatic rings. The van der Waals surface area contributed by atoms with Crippen LogP contribution in [-0.4, -0.2) is 28.8 Å². The van der Waals surface area contributed by atoms with E-state index in [-0.39, 0.29) is 17.6 Å². The molecule has 5 rings (SSSR count). The molecular formula is C27H21BrFN3O3S. The number of hydrogen-bond acceptors (Lipinski definition) is 5. The third-order valence-corrected chi connectivity index (χ3v) is 7.77. The second kappa shape index (κ2) is 9.83. The molecular weight excluding hydrogens is 545 g/mol. The van der Waals surface area contributed by atoms with Gasteiger partial charge in [-0.05, 0) is 53.4 Å². The Morgan fingerprint density at radius 2 is 1.97 bits per heavy atom. The van der Waals surface area contributed by atoms with Gasteiger partial charge in [0.1, 0.15) is 17.6 Å². The average Bonchev–Trinajstić information content (AvgIpc) is 3.50. The van der Waals surface area contributed by atoms with E-state index in [1.807, 2.05) is 19.1 Å². The maximum atomic E-state index is 13.9. The smallest absolute Gasteiger partial charge is 0.255 e. The number of nitrogens with one attached hydrogen (secondary N) is 1. The zero-order valence-electron chi connectivity index (χ0n) is 19.4. The molecule has 0 saturated heterocycles. The fraction of sp³-hybridized carbons (Fsp3) is 0.148. The molecule has 36 heavy (non-hydrogen) atoms. The van der Waals surface area contributed by atoms with Crippen molar-refractivity contribution in [1.29, 1.82) is 0 Å². The SMILES string of the molecule is COc1ccc(F)cc1-c1ccc(C(C(=O)Nc2nccs2)N2Cc3ccc(Br)c(C)c3C2=O)cc1. The number of carbonyl (C=O) groups excluding carboxylic acids is 2. The lowest BCUT2D eigenvalue weighted by molar-refractivity contribution is -0.120. The first kappa shape index (κ1) is 24.1. The third-order valence-electron chi connectivity index (χ3n) is 6.22. The van der Waals surface area contributed by atoms with Gasteiger partial charge in [-0.2, -0.15) is 0 Å². The summed E-state index contributed by atoms with van der Waals surface area (Å²) >= 11 is 4.80. The molecule has 1 atom stereocenters. The van der Waals surface area contributed by atoms with Gasteiger partial charge in [0.25, 0.3) is 11.8 Å². The van der Waals surface area contributed by atoms with Crippen molar-refractivity contribution in [2.24, 2.45) is 0 Å². The van der Waals surface area contributed by atoms with Crippen LogP contribution in [0.1, 0.15) is 33.1 Å². The molecule has 3 aromatic carbocycles. The van der Waals surface area contributed by atoms with E-state index >= 15 is 0 Å². The van der Waals surface area contributed by atoms with E-state index in [0.29, 0.717) is 34.1 Å². The standard InChI is InChI=1S/C27H21BrFN3O3S/c1-15-21(28)9-7-18-14-32(26(34)23(15)18)24(25(33)31-27-30-11-12-36-27)17-5-3-16(4-6-17)20-13-19(29)8-10-22(20)35-2/h3-13,24H,14H2,1-2H3,(H,30,31,33). The predicted octanol–water partition coefficient (Wildman–Crippen LogP) is 6.36. The third kappa shape index (κ3) is 4.40. The van der Waals surface area contributed by atoms with E-state index in [9.17, 15) is 14.0 Å². The van der Waals surface area contributed by atoms with Crippen LogP contribution in [0.25, 0.3) is 11.1 Å². The Morgan fingerprint density at radius 3 is 2.67 bits per heavy atom. The van der Waals surface area contributed by atoms with Crippen LogP contribution in [0.15, 0.2) is 70.6 Å². The van der Waals surface area contributed by atoms with Gasteiger partial charge in [0.2, 0.25) is 0 Å². The predicted molar refractivity (Wildman–Crippen MR) is 141 cm³/mol. The lowest BCUT2D eigenvalue weighted by Gasteiger charge is -2.27. The normalized spacial score (nSPS) is 13.4. The molecule has 6 nitrogen and oxygen atoms in total. The molecule has 0 bridgehead atoms. The van der Waals surface area contributed by atoms with Crippen molar-refractivity contribution in [3.05, 3.63) is 98.7 Å². The summed E-state index contributed by atoms with van der Waals surface area (Å²) < 4.78 is 20.2. The summed E-state index contributed by atoms with van der Waals surface area (Å²) in [5.74, 6) is -0.413. The molecule has 0 radical (unpaired) electrons. The molecule has 1 unspecified atom stereocenters. The summed E-state index contributed by atoms with van der Waals surface area (Å²) in [5, 5.41) is 5.06. The average molecular weight is 566 g/mol. The first-order valence-corrected chi connectivity index (χ1v) is 12.8. The number of rotatable bonds is 6. The zero-order chi connectivity index (χ0) is 25.4. The summed E-state index contributed by atoms with van der Waals surface area (Å²) in [6, 6.07) is 14.4. The van der Waals surface area contributed by atoms with Gasteiger partial charge in [0, 0.05) is 33.7 Å². The summed E-state index contributed by atoms with van der Waals surface area (Å²) in [7, 11) is 1.53. The van der Waals surface area contributed by atoms with E-state index in [2.05, 4.69) is 26.2 Å². The van der Waals surface area contributed by atoms with Gasteiger partial charge in [0.05, 0.1) is 7.11 Å². The van der Waals surface area contributed by atoms with Gasteiger partial charge >= 0.3 is 0 Å². The Bertz CT molecular complexity index is 1460. The van der Waals surface area contributed by atoms with Crippen LogP contribution in [0.3, 0.4) is 0 Å². The first-order chi connectivity index (χ1) is 17.4. The van der Waals surface area contributed by atoms with Gasteiger partial charge in [0.15, 0.2) is 5.13 Å². The van der Waals surface area contributed by atoms with Crippen LogP contribution >= 0.6 is 27.3 Å². The van der Waals surface area contributed by atoms with Gasteiger partial charge in [-0.3, -0.25) is 14.9 Å². The number of methoxy groups -OCH3 is 1. The number of ether oxygens (including phenoxy) is 1. The fourth-order valence-corrected chi connectivity index (χ4v) is 5.32. The second-order valence-corrected chi connectivity index (χ2v) is 10.1. The zero-order valence-corrected chi connectivity index (χ0v) is 21.8. The van der Waals surface area contributed by atoms with Crippen LogP contribution < -0.4 is 10.1 Å². The molecule has 1 N–H and O–H groups in total. The quantitative estimate of drug-likeness (QED) is 0.295. The summed E-state index contributed by atoms with van der Waals surface area (Å²) in [6.07, 6.45) is 1.61. The highest BCUT2D eigenvalue weighted by Crippen LogP contribution is 2.37. The largest absolute Gasteiger partial charge is 0.496 e. The van der Waals surface area contributed by atoms with Gasteiger partial charge < -0.3 is 9.64 Å². The van der Waals surface area contributed by atoms with Gasteiger partial charge in [-0.1, -0.05) is 46.3 Å². The number of carbonyl (C=O) groups is 2. The maximum absolute atomic E-state index is 13.9. The fourth-order valence-electron chi connectivity index (χ4n) is 4.46. The van der Waals surface area contributed by atoms with E-state index in [0.717, 1.165) is 21.2 Å². The monoisotopic (exact) mass is 565 g/mol. The second-order valence-electron chi connectivity index (χ2n) is 8.34. The lowest BCUT2D eigenvalue weighted by Crippen LogP contribution is -2.37. The molecule has 9 heteroatoms. The van der Waals surface area contributed by atoms with E-state index < -0.39 is 6.04 Å².